The van der Waals surface area contributed by atoms with Crippen LogP contribution in [0, 0.1) is 13.8 Å². The fourth-order valence-corrected chi connectivity index (χ4v) is 2.68. The maximum absolute atomic E-state index is 12.4. The summed E-state index contributed by atoms with van der Waals surface area (Å²) in [5, 5.41) is 0.261. The van der Waals surface area contributed by atoms with E-state index in [1.165, 1.54) is 13.2 Å². The summed E-state index contributed by atoms with van der Waals surface area (Å²) < 4.78 is 9.92. The smallest absolute Gasteiger partial charge is 0.340 e. The van der Waals surface area contributed by atoms with Gasteiger partial charge in [-0.05, 0) is 31.5 Å². The van der Waals surface area contributed by atoms with Gasteiger partial charge in [0.2, 0.25) is 0 Å². The summed E-state index contributed by atoms with van der Waals surface area (Å²) in [6.07, 6.45) is 0. The second kappa shape index (κ2) is 9.20. The summed E-state index contributed by atoms with van der Waals surface area (Å²) in [6, 6.07) is 6.44. The molecule has 144 valence electrons. The number of nitrogens with one attached hydrogen (secondary N) is 3. The molecular formula is C18H20ClN3O5. The normalized spacial score (nSPS) is 10.4. The van der Waals surface area contributed by atoms with Gasteiger partial charge >= 0.3 is 5.97 Å². The Morgan fingerprint density at radius 1 is 1.07 bits per heavy atom. The molecule has 0 saturated heterocycles. The Morgan fingerprint density at radius 3 is 2.41 bits per heavy atom. The standard InChI is InChI=1S/C18H20ClN3O5/c1-10-14(18(25)27-9-8-26-3)11(2)20-15(10)17(24)22-21-16(23)12-6-4-5-7-13(12)19/h4-7,20H,8-9H2,1-3H3,(H,21,23)(H,22,24). The van der Waals surface area contributed by atoms with Gasteiger partial charge in [0, 0.05) is 12.8 Å². The molecular weight excluding hydrogens is 374 g/mol. The van der Waals surface area contributed by atoms with E-state index < -0.39 is 17.8 Å². The second-order valence-electron chi connectivity index (χ2n) is 5.64. The number of carbonyl (C=O) groups excluding carboxylic acids is 3. The van der Waals surface area contributed by atoms with Crippen molar-refractivity contribution in [2.24, 2.45) is 0 Å². The highest BCUT2D eigenvalue weighted by Gasteiger charge is 2.23. The Hall–Kier alpha value is -2.84. The summed E-state index contributed by atoms with van der Waals surface area (Å²) in [7, 11) is 1.50. The summed E-state index contributed by atoms with van der Waals surface area (Å²) in [5.74, 6) is -1.72. The summed E-state index contributed by atoms with van der Waals surface area (Å²) in [5.41, 5.74) is 6.13. The van der Waals surface area contributed by atoms with Gasteiger partial charge in [0.25, 0.3) is 11.8 Å². The van der Waals surface area contributed by atoms with Gasteiger partial charge in [0.1, 0.15) is 12.3 Å². The van der Waals surface area contributed by atoms with Gasteiger partial charge in [0.05, 0.1) is 22.8 Å². The van der Waals surface area contributed by atoms with E-state index in [9.17, 15) is 14.4 Å². The zero-order chi connectivity index (χ0) is 20.0. The van der Waals surface area contributed by atoms with Crippen LogP contribution in [0.5, 0.6) is 0 Å². The Morgan fingerprint density at radius 2 is 1.74 bits per heavy atom. The molecule has 0 radical (unpaired) electrons. The summed E-state index contributed by atoms with van der Waals surface area (Å²) in [4.78, 5) is 39.5. The van der Waals surface area contributed by atoms with Crippen LogP contribution in [0.2, 0.25) is 5.02 Å². The van der Waals surface area contributed by atoms with Gasteiger partial charge in [-0.2, -0.15) is 0 Å². The molecule has 2 rings (SSSR count). The van der Waals surface area contributed by atoms with Gasteiger partial charge in [0.15, 0.2) is 0 Å². The number of halogens is 1. The maximum atomic E-state index is 12.4. The molecule has 1 aromatic heterocycles. The van der Waals surface area contributed by atoms with E-state index in [0.717, 1.165) is 0 Å². The molecule has 9 heteroatoms. The molecule has 0 saturated carbocycles. The third-order valence-corrected chi connectivity index (χ3v) is 4.13. The first-order chi connectivity index (χ1) is 12.9. The van der Waals surface area contributed by atoms with E-state index in [0.29, 0.717) is 11.3 Å². The molecule has 1 aromatic carbocycles. The SMILES string of the molecule is COCCOC(=O)c1c(C)[nH]c(C(=O)NNC(=O)c2ccccc2Cl)c1C. The van der Waals surface area contributed by atoms with E-state index in [4.69, 9.17) is 21.1 Å². The van der Waals surface area contributed by atoms with Crippen molar-refractivity contribution >= 4 is 29.4 Å². The number of carbonyl (C=O) groups is 3. The monoisotopic (exact) mass is 393 g/mol. The van der Waals surface area contributed by atoms with Crippen molar-refractivity contribution < 1.29 is 23.9 Å². The zero-order valence-electron chi connectivity index (χ0n) is 15.1. The zero-order valence-corrected chi connectivity index (χ0v) is 15.9. The van der Waals surface area contributed by atoms with Gasteiger partial charge in [-0.3, -0.25) is 20.4 Å². The molecule has 0 atom stereocenters. The molecule has 0 aliphatic rings. The molecule has 2 aromatic rings. The highest BCUT2D eigenvalue weighted by Crippen LogP contribution is 2.19. The second-order valence-corrected chi connectivity index (χ2v) is 6.05. The number of aromatic amines is 1. The molecule has 0 fully saturated rings. The highest BCUT2D eigenvalue weighted by molar-refractivity contribution is 6.33. The van der Waals surface area contributed by atoms with Crippen LogP contribution in [-0.2, 0) is 9.47 Å². The van der Waals surface area contributed by atoms with Crippen LogP contribution in [-0.4, -0.2) is 43.1 Å². The van der Waals surface area contributed by atoms with Gasteiger partial charge in [-0.25, -0.2) is 4.79 Å². The van der Waals surface area contributed by atoms with E-state index in [-0.39, 0.29) is 35.1 Å². The number of ether oxygens (including phenoxy) is 2. The molecule has 0 aliphatic carbocycles. The number of methoxy groups -OCH3 is 1. The predicted molar refractivity (Wildman–Crippen MR) is 98.8 cm³/mol. The van der Waals surface area contributed by atoms with E-state index in [2.05, 4.69) is 15.8 Å². The largest absolute Gasteiger partial charge is 0.460 e. The predicted octanol–water partition coefficient (Wildman–Crippen LogP) is 2.16. The Balaban J connectivity index is 2.06. The first-order valence-corrected chi connectivity index (χ1v) is 8.45. The molecule has 2 amide bonds. The van der Waals surface area contributed by atoms with Gasteiger partial charge < -0.3 is 14.5 Å². The van der Waals surface area contributed by atoms with Crippen LogP contribution in [0.25, 0.3) is 0 Å². The van der Waals surface area contributed by atoms with Gasteiger partial charge in [-0.15, -0.1) is 0 Å². The van der Waals surface area contributed by atoms with Crippen LogP contribution >= 0.6 is 11.6 Å². The quantitative estimate of drug-likeness (QED) is 0.396. The number of hydrazine groups is 1. The Labute approximate surface area is 161 Å². The van der Waals surface area contributed by atoms with Crippen molar-refractivity contribution in [3.63, 3.8) is 0 Å². The first-order valence-electron chi connectivity index (χ1n) is 8.07. The van der Waals surface area contributed by atoms with E-state index in [1.807, 2.05) is 0 Å². The van der Waals surface area contributed by atoms with Crippen LogP contribution in [0.1, 0.15) is 42.5 Å². The lowest BCUT2D eigenvalue weighted by Crippen LogP contribution is -2.42. The third kappa shape index (κ3) is 4.87. The van der Waals surface area contributed by atoms with Crippen molar-refractivity contribution in [3.05, 3.63) is 57.4 Å². The van der Waals surface area contributed by atoms with Crippen LogP contribution in [0.3, 0.4) is 0 Å². The number of hydrogen-bond acceptors (Lipinski definition) is 5. The third-order valence-electron chi connectivity index (χ3n) is 3.80. The molecule has 0 spiro atoms. The number of rotatable bonds is 6. The summed E-state index contributed by atoms with van der Waals surface area (Å²) >= 11 is 5.95. The molecule has 1 heterocycles. The molecule has 0 bridgehead atoms. The van der Waals surface area contributed by atoms with Crippen LogP contribution in [0.4, 0.5) is 0 Å². The van der Waals surface area contributed by atoms with Crippen molar-refractivity contribution in [1.82, 2.24) is 15.8 Å². The van der Waals surface area contributed by atoms with Gasteiger partial charge in [-0.1, -0.05) is 23.7 Å². The molecule has 27 heavy (non-hydrogen) atoms. The van der Waals surface area contributed by atoms with Crippen molar-refractivity contribution in [1.29, 1.82) is 0 Å². The van der Waals surface area contributed by atoms with E-state index in [1.54, 1.807) is 32.0 Å². The number of esters is 1. The first kappa shape index (κ1) is 20.5. The number of benzene rings is 1. The summed E-state index contributed by atoms with van der Waals surface area (Å²) in [6.45, 7) is 3.64. The topological polar surface area (TPSA) is 110 Å². The minimum atomic E-state index is -0.605. The molecule has 0 unspecified atom stereocenters. The van der Waals surface area contributed by atoms with E-state index >= 15 is 0 Å². The van der Waals surface area contributed by atoms with Crippen molar-refractivity contribution in [2.75, 3.05) is 20.3 Å². The lowest BCUT2D eigenvalue weighted by Gasteiger charge is -2.08. The lowest BCUT2D eigenvalue weighted by atomic mass is 10.1. The number of aromatic nitrogens is 1. The minimum Gasteiger partial charge on any atom is -0.460 e. The van der Waals surface area contributed by atoms with Crippen molar-refractivity contribution in [2.45, 2.75) is 13.8 Å². The average Bonchev–Trinajstić information content (AvgIpc) is 2.94. The average molecular weight is 394 g/mol. The number of amides is 2. The Kier molecular flexibility index (Phi) is 6.98. The fourth-order valence-electron chi connectivity index (χ4n) is 2.46. The minimum absolute atomic E-state index is 0.106. The lowest BCUT2D eigenvalue weighted by molar-refractivity contribution is 0.0386. The number of H-pyrrole nitrogens is 1. The van der Waals surface area contributed by atoms with Crippen LogP contribution < -0.4 is 10.9 Å². The maximum Gasteiger partial charge on any atom is 0.340 e. The molecule has 3 N–H and O–H groups in total. The Bertz CT molecular complexity index is 863. The highest BCUT2D eigenvalue weighted by atomic mass is 35.5. The molecule has 0 aliphatic heterocycles. The molecule has 8 nitrogen and oxygen atoms in total. The number of aryl methyl sites for hydroxylation is 1. The fraction of sp³-hybridized carbons (Fsp3) is 0.278. The van der Waals surface area contributed by atoms with Crippen molar-refractivity contribution in [3.8, 4) is 0 Å². The number of hydrogen-bond donors (Lipinski definition) is 3. The van der Waals surface area contributed by atoms with Crippen LogP contribution in [0.15, 0.2) is 24.3 Å².